The van der Waals surface area contributed by atoms with Gasteiger partial charge in [0.1, 0.15) is 5.69 Å². The molecular formula is C23H18F2N4O3. The second kappa shape index (κ2) is 8.30. The number of ketones is 1. The molecular weight excluding hydrogens is 418 g/mol. The zero-order valence-corrected chi connectivity index (χ0v) is 17.1. The maximum absolute atomic E-state index is 13.6. The molecule has 0 unspecified atom stereocenters. The Bertz CT molecular complexity index is 1380. The van der Waals surface area contributed by atoms with Crippen molar-refractivity contribution in [1.29, 1.82) is 5.26 Å². The number of hydrogen-bond donors (Lipinski definition) is 1. The van der Waals surface area contributed by atoms with Gasteiger partial charge in [0.15, 0.2) is 0 Å². The van der Waals surface area contributed by atoms with Crippen LogP contribution in [0, 0.1) is 23.2 Å². The van der Waals surface area contributed by atoms with E-state index in [1.165, 1.54) is 6.07 Å². The first kappa shape index (κ1) is 21.3. The minimum atomic E-state index is -1.07. The van der Waals surface area contributed by atoms with Crippen LogP contribution in [0.3, 0.4) is 0 Å². The van der Waals surface area contributed by atoms with Gasteiger partial charge in [0.25, 0.3) is 5.56 Å². The molecule has 4 rings (SSSR count). The highest BCUT2D eigenvalue weighted by Crippen LogP contribution is 2.40. The van der Waals surface area contributed by atoms with E-state index in [1.54, 1.807) is 12.1 Å². The highest BCUT2D eigenvalue weighted by Gasteiger charge is 2.34. The van der Waals surface area contributed by atoms with E-state index in [-0.39, 0.29) is 40.4 Å². The Morgan fingerprint density at radius 1 is 1.16 bits per heavy atom. The smallest absolute Gasteiger partial charge is 0.287 e. The number of benzene rings is 1. The van der Waals surface area contributed by atoms with Gasteiger partial charge < -0.3 is 0 Å². The lowest BCUT2D eigenvalue weighted by Gasteiger charge is -2.16. The molecule has 1 fully saturated rings. The minimum Gasteiger partial charge on any atom is -0.287 e. The predicted molar refractivity (Wildman–Crippen MR) is 111 cm³/mol. The lowest BCUT2D eigenvalue weighted by Crippen LogP contribution is -2.37. The van der Waals surface area contributed by atoms with Crippen LogP contribution in [0.1, 0.15) is 64.0 Å². The number of halogens is 2. The van der Waals surface area contributed by atoms with Crippen LogP contribution >= 0.6 is 0 Å². The zero-order valence-electron chi connectivity index (χ0n) is 17.1. The number of aromatic nitrogens is 3. The summed E-state index contributed by atoms with van der Waals surface area (Å²) in [4.78, 5) is 44.2. The van der Waals surface area contributed by atoms with Gasteiger partial charge in [-0.3, -0.25) is 19.1 Å². The fourth-order valence-corrected chi connectivity index (χ4v) is 3.75. The van der Waals surface area contributed by atoms with Crippen molar-refractivity contribution in [3.63, 3.8) is 0 Å². The quantitative estimate of drug-likeness (QED) is 0.472. The van der Waals surface area contributed by atoms with E-state index in [1.807, 2.05) is 13.0 Å². The van der Waals surface area contributed by atoms with Crippen molar-refractivity contribution < 1.29 is 13.6 Å². The van der Waals surface area contributed by atoms with Crippen LogP contribution in [0.5, 0.6) is 0 Å². The Kier molecular flexibility index (Phi) is 5.53. The average Bonchev–Trinajstić information content (AvgIpc) is 3.58. The van der Waals surface area contributed by atoms with Gasteiger partial charge in [0.2, 0.25) is 17.7 Å². The molecule has 3 aromatic rings. The topological polar surface area (TPSA) is 109 Å². The van der Waals surface area contributed by atoms with E-state index in [2.05, 4.69) is 9.97 Å². The number of pyridine rings is 1. The van der Waals surface area contributed by atoms with Crippen LogP contribution in [0.25, 0.3) is 0 Å². The predicted octanol–water partition coefficient (Wildman–Crippen LogP) is 2.80. The molecule has 9 heteroatoms. The van der Waals surface area contributed by atoms with Gasteiger partial charge >= 0.3 is 5.69 Å². The standard InChI is InChI=1S/C23H18F2N4O3/c1-2-12-5-13(10-26)7-16(6-12)21(30)20-19(15-3-4-15)22(31)28-23(32)29(20)11-14-8-17(24)27-18(25)9-14/h5-9,15H,2-4,11H2,1H3,(H,28,31,32). The summed E-state index contributed by atoms with van der Waals surface area (Å²) < 4.78 is 28.2. The van der Waals surface area contributed by atoms with Crippen molar-refractivity contribution in [2.75, 3.05) is 0 Å². The largest absolute Gasteiger partial charge is 0.329 e. The van der Waals surface area contributed by atoms with Crippen molar-refractivity contribution in [3.8, 4) is 6.07 Å². The third kappa shape index (κ3) is 4.12. The Labute approximate surface area is 181 Å². The van der Waals surface area contributed by atoms with Crippen molar-refractivity contribution in [2.24, 2.45) is 0 Å². The summed E-state index contributed by atoms with van der Waals surface area (Å²) >= 11 is 0. The number of carbonyl (C=O) groups is 1. The normalized spacial score (nSPS) is 13.1. The number of aryl methyl sites for hydroxylation is 1. The van der Waals surface area contributed by atoms with Crippen LogP contribution in [-0.4, -0.2) is 20.3 Å². The van der Waals surface area contributed by atoms with Gasteiger partial charge in [0.05, 0.1) is 18.2 Å². The average molecular weight is 436 g/mol. The molecule has 162 valence electrons. The molecule has 1 aromatic carbocycles. The number of H-pyrrole nitrogens is 1. The van der Waals surface area contributed by atoms with Crippen LogP contribution in [0.2, 0.25) is 0 Å². The van der Waals surface area contributed by atoms with E-state index < -0.39 is 28.9 Å². The van der Waals surface area contributed by atoms with E-state index in [4.69, 9.17) is 0 Å². The summed E-state index contributed by atoms with van der Waals surface area (Å²) in [7, 11) is 0. The number of nitriles is 1. The van der Waals surface area contributed by atoms with Crippen molar-refractivity contribution >= 4 is 5.78 Å². The van der Waals surface area contributed by atoms with E-state index in [9.17, 15) is 28.4 Å². The third-order valence-corrected chi connectivity index (χ3v) is 5.39. The molecule has 2 heterocycles. The molecule has 0 spiro atoms. The Balaban J connectivity index is 1.94. The maximum atomic E-state index is 13.6. The number of hydrogen-bond acceptors (Lipinski definition) is 5. The van der Waals surface area contributed by atoms with E-state index in [0.29, 0.717) is 19.3 Å². The van der Waals surface area contributed by atoms with E-state index >= 15 is 0 Å². The van der Waals surface area contributed by atoms with Crippen LogP contribution in [-0.2, 0) is 13.0 Å². The summed E-state index contributed by atoms with van der Waals surface area (Å²) in [6.45, 7) is 1.53. The molecule has 1 N–H and O–H groups in total. The summed E-state index contributed by atoms with van der Waals surface area (Å²) in [6.07, 6.45) is 1.93. The number of nitrogens with one attached hydrogen (secondary N) is 1. The third-order valence-electron chi connectivity index (χ3n) is 5.39. The van der Waals surface area contributed by atoms with Gasteiger partial charge in [-0.2, -0.15) is 19.0 Å². The first-order valence-electron chi connectivity index (χ1n) is 10.1. The molecule has 0 aliphatic heterocycles. The number of carbonyl (C=O) groups excluding carboxylic acids is 1. The van der Waals surface area contributed by atoms with Crippen molar-refractivity contribution in [1.82, 2.24) is 14.5 Å². The number of rotatable bonds is 6. The molecule has 0 amide bonds. The molecule has 32 heavy (non-hydrogen) atoms. The van der Waals surface area contributed by atoms with Gasteiger partial charge in [0, 0.05) is 11.1 Å². The SMILES string of the molecule is CCc1cc(C#N)cc(C(=O)c2c(C3CC3)c(=O)[nH]c(=O)n2Cc2cc(F)nc(F)c2)c1. The maximum Gasteiger partial charge on any atom is 0.329 e. The summed E-state index contributed by atoms with van der Waals surface area (Å²) in [6, 6.07) is 8.59. The monoisotopic (exact) mass is 436 g/mol. The minimum absolute atomic E-state index is 0.0694. The van der Waals surface area contributed by atoms with Gasteiger partial charge in [-0.1, -0.05) is 6.92 Å². The van der Waals surface area contributed by atoms with Crippen LogP contribution in [0.15, 0.2) is 39.9 Å². The highest BCUT2D eigenvalue weighted by atomic mass is 19.1. The molecule has 1 saturated carbocycles. The second-order valence-electron chi connectivity index (χ2n) is 7.72. The molecule has 7 nitrogen and oxygen atoms in total. The molecule has 0 atom stereocenters. The lowest BCUT2D eigenvalue weighted by atomic mass is 9.97. The summed E-state index contributed by atoms with van der Waals surface area (Å²) in [5.74, 6) is -2.93. The van der Waals surface area contributed by atoms with Crippen molar-refractivity contribution in [3.05, 3.63) is 96.6 Å². The zero-order chi connectivity index (χ0) is 23.0. The molecule has 0 radical (unpaired) electrons. The molecule has 0 bridgehead atoms. The van der Waals surface area contributed by atoms with Gasteiger partial charge in [-0.25, -0.2) is 4.79 Å². The van der Waals surface area contributed by atoms with E-state index in [0.717, 1.165) is 22.3 Å². The van der Waals surface area contributed by atoms with Gasteiger partial charge in [-0.05, 0) is 66.6 Å². The Hall–Kier alpha value is -3.93. The first-order valence-corrected chi connectivity index (χ1v) is 10.1. The fourth-order valence-electron chi connectivity index (χ4n) is 3.75. The Morgan fingerprint density at radius 2 is 1.84 bits per heavy atom. The molecule has 2 aromatic heterocycles. The Morgan fingerprint density at radius 3 is 2.44 bits per heavy atom. The number of nitrogens with zero attached hydrogens (tertiary/aromatic N) is 3. The summed E-state index contributed by atoms with van der Waals surface area (Å²) in [5, 5.41) is 9.33. The lowest BCUT2D eigenvalue weighted by molar-refractivity contribution is 0.102. The number of aromatic amines is 1. The highest BCUT2D eigenvalue weighted by molar-refractivity contribution is 6.09. The molecule has 1 aliphatic rings. The van der Waals surface area contributed by atoms with Crippen LogP contribution in [0.4, 0.5) is 8.78 Å². The molecule has 0 saturated heterocycles. The fraction of sp³-hybridized carbons (Fsp3) is 0.261. The second-order valence-corrected chi connectivity index (χ2v) is 7.72. The molecule has 1 aliphatic carbocycles. The summed E-state index contributed by atoms with van der Waals surface area (Å²) in [5.41, 5.74) is -0.228. The van der Waals surface area contributed by atoms with Crippen molar-refractivity contribution in [2.45, 2.75) is 38.6 Å². The van der Waals surface area contributed by atoms with Gasteiger partial charge in [-0.15, -0.1) is 0 Å². The van der Waals surface area contributed by atoms with Crippen LogP contribution < -0.4 is 11.2 Å². The first-order chi connectivity index (χ1) is 15.3.